The van der Waals surface area contributed by atoms with E-state index in [4.69, 9.17) is 4.42 Å². The largest absolute Gasteiger partial charge is 0.505 e. The second-order valence-electron chi connectivity index (χ2n) is 4.66. The Kier molecular flexibility index (Phi) is 3.29. The summed E-state index contributed by atoms with van der Waals surface area (Å²) < 4.78 is 32.8. The minimum Gasteiger partial charge on any atom is -0.505 e. The molecule has 22 heavy (non-hydrogen) atoms. The molecule has 0 spiro atoms. The van der Waals surface area contributed by atoms with E-state index in [9.17, 15) is 18.7 Å². The molecular weight excluding hydrogens is 292 g/mol. The van der Waals surface area contributed by atoms with Crippen LogP contribution in [0.4, 0.5) is 8.78 Å². The molecule has 2 aromatic carbocycles. The lowest BCUT2D eigenvalue weighted by Gasteiger charge is -2.03. The molecule has 1 heterocycles. The van der Waals surface area contributed by atoms with Gasteiger partial charge < -0.3 is 14.8 Å². The fraction of sp³-hybridized carbons (Fsp3) is 0.0625. The van der Waals surface area contributed by atoms with Gasteiger partial charge in [-0.25, -0.2) is 8.78 Å². The number of rotatable bonds is 2. The zero-order valence-electron chi connectivity index (χ0n) is 11.5. The SMILES string of the molecule is CNC(=O)c1c(-c2ccc(F)cc2)oc2ccc(O)c(F)c12. The van der Waals surface area contributed by atoms with Crippen LogP contribution < -0.4 is 5.32 Å². The number of fused-ring (bicyclic) bond motifs is 1. The van der Waals surface area contributed by atoms with Crippen LogP contribution in [-0.4, -0.2) is 18.1 Å². The quantitative estimate of drug-likeness (QED) is 0.762. The summed E-state index contributed by atoms with van der Waals surface area (Å²) in [7, 11) is 1.40. The first-order valence-corrected chi connectivity index (χ1v) is 6.45. The number of phenolic OH excluding ortho intramolecular Hbond substituents is 1. The highest BCUT2D eigenvalue weighted by molar-refractivity contribution is 6.11. The van der Waals surface area contributed by atoms with E-state index in [-0.39, 0.29) is 22.3 Å². The third-order valence-corrected chi connectivity index (χ3v) is 3.33. The predicted molar refractivity (Wildman–Crippen MR) is 76.6 cm³/mol. The van der Waals surface area contributed by atoms with Gasteiger partial charge in [0.05, 0.1) is 10.9 Å². The van der Waals surface area contributed by atoms with Crippen molar-refractivity contribution in [3.63, 3.8) is 0 Å². The molecule has 0 aliphatic carbocycles. The van der Waals surface area contributed by atoms with Gasteiger partial charge in [-0.3, -0.25) is 4.79 Å². The molecule has 0 aliphatic heterocycles. The summed E-state index contributed by atoms with van der Waals surface area (Å²) in [5, 5.41) is 11.8. The Morgan fingerprint density at radius 3 is 2.45 bits per heavy atom. The lowest BCUT2D eigenvalue weighted by Crippen LogP contribution is -2.18. The van der Waals surface area contributed by atoms with Gasteiger partial charge in [0.15, 0.2) is 11.6 Å². The highest BCUT2D eigenvalue weighted by Crippen LogP contribution is 2.37. The zero-order chi connectivity index (χ0) is 15.9. The van der Waals surface area contributed by atoms with E-state index in [1.807, 2.05) is 0 Å². The Morgan fingerprint density at radius 2 is 1.82 bits per heavy atom. The molecule has 0 aliphatic rings. The lowest BCUT2D eigenvalue weighted by atomic mass is 10.0. The van der Waals surface area contributed by atoms with Crippen molar-refractivity contribution in [2.45, 2.75) is 0 Å². The molecule has 0 saturated heterocycles. The maximum absolute atomic E-state index is 14.2. The van der Waals surface area contributed by atoms with Crippen molar-refractivity contribution < 1.29 is 23.1 Å². The van der Waals surface area contributed by atoms with Crippen LogP contribution in [0.3, 0.4) is 0 Å². The Hall–Kier alpha value is -2.89. The number of benzene rings is 2. The van der Waals surface area contributed by atoms with Crippen molar-refractivity contribution in [3.8, 4) is 17.1 Å². The van der Waals surface area contributed by atoms with E-state index in [0.717, 1.165) is 6.07 Å². The molecule has 0 unspecified atom stereocenters. The van der Waals surface area contributed by atoms with Crippen LogP contribution in [0.15, 0.2) is 40.8 Å². The number of furan rings is 1. The van der Waals surface area contributed by atoms with Crippen molar-refractivity contribution in [2.75, 3.05) is 7.05 Å². The minimum atomic E-state index is -0.937. The van der Waals surface area contributed by atoms with Gasteiger partial charge in [-0.2, -0.15) is 0 Å². The Bertz CT molecular complexity index is 869. The van der Waals surface area contributed by atoms with E-state index < -0.39 is 23.3 Å². The first-order chi connectivity index (χ1) is 10.5. The highest BCUT2D eigenvalue weighted by Gasteiger charge is 2.25. The molecule has 112 valence electrons. The second-order valence-corrected chi connectivity index (χ2v) is 4.66. The second kappa shape index (κ2) is 5.14. The number of carbonyl (C=O) groups excluding carboxylic acids is 1. The predicted octanol–water partition coefficient (Wildman–Crippen LogP) is 3.44. The monoisotopic (exact) mass is 303 g/mol. The lowest BCUT2D eigenvalue weighted by molar-refractivity contribution is 0.0964. The molecule has 0 radical (unpaired) electrons. The van der Waals surface area contributed by atoms with Gasteiger partial charge in [-0.05, 0) is 36.4 Å². The van der Waals surface area contributed by atoms with Gasteiger partial charge >= 0.3 is 0 Å². The number of carbonyl (C=O) groups is 1. The number of hydrogen-bond donors (Lipinski definition) is 2. The summed E-state index contributed by atoms with van der Waals surface area (Å²) in [5.74, 6) is -2.41. The molecule has 2 N–H and O–H groups in total. The normalized spacial score (nSPS) is 10.9. The van der Waals surface area contributed by atoms with E-state index in [2.05, 4.69) is 5.32 Å². The summed E-state index contributed by atoms with van der Waals surface area (Å²) in [6.45, 7) is 0. The molecule has 1 aromatic heterocycles. The molecule has 0 bridgehead atoms. The average molecular weight is 303 g/mol. The van der Waals surface area contributed by atoms with Crippen molar-refractivity contribution in [2.24, 2.45) is 0 Å². The number of phenols is 1. The van der Waals surface area contributed by atoms with Crippen LogP contribution in [0.2, 0.25) is 0 Å². The molecule has 3 aromatic rings. The summed E-state index contributed by atoms with van der Waals surface area (Å²) >= 11 is 0. The fourth-order valence-corrected chi connectivity index (χ4v) is 2.29. The molecule has 4 nitrogen and oxygen atoms in total. The molecule has 0 atom stereocenters. The molecule has 3 rings (SSSR count). The average Bonchev–Trinajstić information content (AvgIpc) is 2.91. The van der Waals surface area contributed by atoms with Gasteiger partial charge in [0.1, 0.15) is 17.2 Å². The fourth-order valence-electron chi connectivity index (χ4n) is 2.29. The van der Waals surface area contributed by atoms with Crippen molar-refractivity contribution in [1.82, 2.24) is 5.32 Å². The number of hydrogen-bond acceptors (Lipinski definition) is 3. The summed E-state index contributed by atoms with van der Waals surface area (Å²) in [6, 6.07) is 7.79. The van der Waals surface area contributed by atoms with Gasteiger partial charge in [0, 0.05) is 12.6 Å². The summed E-state index contributed by atoms with van der Waals surface area (Å²) in [6.07, 6.45) is 0. The Balaban J connectivity index is 2.37. The van der Waals surface area contributed by atoms with Crippen molar-refractivity contribution in [3.05, 3.63) is 53.6 Å². The van der Waals surface area contributed by atoms with Crippen LogP contribution in [0.1, 0.15) is 10.4 Å². The number of aromatic hydroxyl groups is 1. The first-order valence-electron chi connectivity index (χ1n) is 6.45. The van der Waals surface area contributed by atoms with Crippen LogP contribution in [0, 0.1) is 11.6 Å². The molecular formula is C16H11F2NO3. The third-order valence-electron chi connectivity index (χ3n) is 3.33. The standard InChI is InChI=1S/C16H11F2NO3/c1-19-16(21)13-12-11(7-6-10(20)14(12)18)22-15(13)8-2-4-9(17)5-3-8/h2-7,20H,1H3,(H,19,21). The number of nitrogens with one attached hydrogen (secondary N) is 1. The number of amides is 1. The van der Waals surface area contributed by atoms with Gasteiger partial charge in [-0.1, -0.05) is 0 Å². The molecule has 0 fully saturated rings. The summed E-state index contributed by atoms with van der Waals surface area (Å²) in [4.78, 5) is 12.1. The van der Waals surface area contributed by atoms with Crippen LogP contribution >= 0.6 is 0 Å². The van der Waals surface area contributed by atoms with Crippen LogP contribution in [0.25, 0.3) is 22.3 Å². The third kappa shape index (κ3) is 2.09. The van der Waals surface area contributed by atoms with Crippen LogP contribution in [0.5, 0.6) is 5.75 Å². The Morgan fingerprint density at radius 1 is 1.14 bits per heavy atom. The topological polar surface area (TPSA) is 62.5 Å². The first kappa shape index (κ1) is 14.1. The van der Waals surface area contributed by atoms with Gasteiger partial charge in [0.25, 0.3) is 5.91 Å². The van der Waals surface area contributed by atoms with Gasteiger partial charge in [-0.15, -0.1) is 0 Å². The summed E-state index contributed by atoms with van der Waals surface area (Å²) in [5.41, 5.74) is 0.501. The van der Waals surface area contributed by atoms with E-state index in [1.165, 1.54) is 37.4 Å². The van der Waals surface area contributed by atoms with Crippen molar-refractivity contribution >= 4 is 16.9 Å². The number of halogens is 2. The zero-order valence-corrected chi connectivity index (χ0v) is 11.5. The minimum absolute atomic E-state index is 0.0440. The smallest absolute Gasteiger partial charge is 0.255 e. The maximum Gasteiger partial charge on any atom is 0.255 e. The van der Waals surface area contributed by atoms with E-state index in [0.29, 0.717) is 5.56 Å². The Labute approximate surface area is 124 Å². The molecule has 1 amide bonds. The molecule has 0 saturated carbocycles. The highest BCUT2D eigenvalue weighted by atomic mass is 19.1. The van der Waals surface area contributed by atoms with Crippen LogP contribution in [-0.2, 0) is 0 Å². The van der Waals surface area contributed by atoms with Crippen molar-refractivity contribution in [1.29, 1.82) is 0 Å². The van der Waals surface area contributed by atoms with Gasteiger partial charge in [0.2, 0.25) is 0 Å². The molecule has 6 heteroatoms. The maximum atomic E-state index is 14.2. The van der Waals surface area contributed by atoms with E-state index >= 15 is 0 Å². The van der Waals surface area contributed by atoms with E-state index in [1.54, 1.807) is 0 Å².